The number of ether oxygens (including phenoxy) is 2. The summed E-state index contributed by atoms with van der Waals surface area (Å²) in [6.45, 7) is 4.72. The highest BCUT2D eigenvalue weighted by atomic mass is 35.5. The molecule has 3 aromatic carbocycles. The molecule has 3 aromatic rings. The summed E-state index contributed by atoms with van der Waals surface area (Å²) in [6.07, 6.45) is 1.16. The Balaban J connectivity index is 1.59. The number of carbonyl (C=O) groups is 3. The van der Waals surface area contributed by atoms with Crippen LogP contribution < -0.4 is 14.8 Å². The molecule has 0 aromatic heterocycles. The minimum Gasteiger partial charge on any atom is -0.507 e. The van der Waals surface area contributed by atoms with Crippen LogP contribution in [0.4, 0.5) is 0 Å². The number of aryl methyl sites for hydroxylation is 1. The molecule has 194 valence electrons. The lowest BCUT2D eigenvalue weighted by atomic mass is 9.71. The van der Waals surface area contributed by atoms with Crippen molar-refractivity contribution >= 4 is 39.8 Å². The van der Waals surface area contributed by atoms with Crippen molar-refractivity contribution in [3.63, 3.8) is 0 Å². The minimum atomic E-state index is -1.63. The van der Waals surface area contributed by atoms with Gasteiger partial charge in [-0.05, 0) is 54.8 Å². The molecular weight excluding hydrogens is 510 g/mol. The number of aromatic hydroxyl groups is 1. The largest absolute Gasteiger partial charge is 0.507 e. The van der Waals surface area contributed by atoms with Gasteiger partial charge in [-0.3, -0.25) is 14.4 Å². The number of amides is 1. The SMILES string of the molecule is COc1cc(O)c2c(c1C(=O)NCc1c(C)ccc3ccc(Cl)cc13)OC1=CC(O)=C(C(C)=O)C(=O)[C@]12C. The van der Waals surface area contributed by atoms with Gasteiger partial charge < -0.3 is 25.0 Å². The second-order valence-electron chi connectivity index (χ2n) is 9.47. The average molecular weight is 534 g/mol. The van der Waals surface area contributed by atoms with Gasteiger partial charge in [-0.2, -0.15) is 0 Å². The zero-order valence-electron chi connectivity index (χ0n) is 21.1. The van der Waals surface area contributed by atoms with Gasteiger partial charge in [0.15, 0.2) is 17.3 Å². The van der Waals surface area contributed by atoms with E-state index in [2.05, 4.69) is 5.32 Å². The van der Waals surface area contributed by atoms with Crippen LogP contribution in [0.25, 0.3) is 10.8 Å². The van der Waals surface area contributed by atoms with Gasteiger partial charge in [0.1, 0.15) is 39.6 Å². The van der Waals surface area contributed by atoms with Crippen LogP contribution in [-0.2, 0) is 21.5 Å². The fourth-order valence-corrected chi connectivity index (χ4v) is 5.35. The summed E-state index contributed by atoms with van der Waals surface area (Å²) in [4.78, 5) is 39.2. The van der Waals surface area contributed by atoms with Crippen molar-refractivity contribution in [2.75, 3.05) is 7.11 Å². The number of hydrogen-bond acceptors (Lipinski definition) is 7. The number of Topliss-reactive ketones (excluding diaryl/α,β-unsaturated/α-hetero) is 2. The molecule has 0 saturated heterocycles. The number of benzene rings is 3. The normalized spacial score (nSPS) is 18.0. The Morgan fingerprint density at radius 1 is 1.16 bits per heavy atom. The summed E-state index contributed by atoms with van der Waals surface area (Å²) in [7, 11) is 1.34. The molecule has 1 atom stereocenters. The number of aliphatic hydroxyl groups is 1. The lowest BCUT2D eigenvalue weighted by Gasteiger charge is -2.27. The highest BCUT2D eigenvalue weighted by Crippen LogP contribution is 2.56. The first kappa shape index (κ1) is 25.4. The van der Waals surface area contributed by atoms with E-state index in [0.29, 0.717) is 5.02 Å². The van der Waals surface area contributed by atoms with Crippen LogP contribution in [-0.4, -0.2) is 34.8 Å². The predicted molar refractivity (Wildman–Crippen MR) is 141 cm³/mol. The van der Waals surface area contributed by atoms with Crippen LogP contribution in [0.5, 0.6) is 17.2 Å². The molecule has 0 bridgehead atoms. The molecule has 0 radical (unpaired) electrons. The van der Waals surface area contributed by atoms with E-state index >= 15 is 0 Å². The molecule has 2 aliphatic rings. The van der Waals surface area contributed by atoms with Gasteiger partial charge in [-0.15, -0.1) is 0 Å². The van der Waals surface area contributed by atoms with Gasteiger partial charge >= 0.3 is 0 Å². The molecule has 1 heterocycles. The van der Waals surface area contributed by atoms with Crippen LogP contribution in [0.1, 0.15) is 40.9 Å². The third-order valence-corrected chi connectivity index (χ3v) is 7.42. The molecule has 9 heteroatoms. The quantitative estimate of drug-likeness (QED) is 0.396. The topological polar surface area (TPSA) is 122 Å². The van der Waals surface area contributed by atoms with Gasteiger partial charge in [0.2, 0.25) is 0 Å². The van der Waals surface area contributed by atoms with Crippen LogP contribution in [0.3, 0.4) is 0 Å². The summed E-state index contributed by atoms with van der Waals surface area (Å²) < 4.78 is 11.3. The molecule has 1 aliphatic carbocycles. The second-order valence-corrected chi connectivity index (χ2v) is 9.90. The predicted octanol–water partition coefficient (Wildman–Crippen LogP) is 4.96. The van der Waals surface area contributed by atoms with Gasteiger partial charge in [0.05, 0.1) is 12.7 Å². The number of fused-ring (bicyclic) bond motifs is 4. The standard InChI is InChI=1S/C29H24ClNO7/c1-13-5-6-15-7-8-16(30)9-17(15)18(13)12-31-28(36)24-21(37-4)10-20(34)25-26(24)38-22-11-19(33)23(14(2)32)27(35)29(22,25)3/h5-11,33-34H,12H2,1-4H3,(H,31,36)/t29-/m1/s1. The molecule has 5 rings (SSSR count). The molecule has 38 heavy (non-hydrogen) atoms. The fourth-order valence-electron chi connectivity index (χ4n) is 5.18. The number of hydrogen-bond donors (Lipinski definition) is 3. The first-order valence-corrected chi connectivity index (χ1v) is 12.2. The van der Waals surface area contributed by atoms with Crippen LogP contribution >= 0.6 is 11.6 Å². The average Bonchev–Trinajstić information content (AvgIpc) is 3.16. The van der Waals surface area contributed by atoms with E-state index in [-0.39, 0.29) is 40.7 Å². The summed E-state index contributed by atoms with van der Waals surface area (Å²) in [5, 5.41) is 26.6. The molecule has 1 amide bonds. The van der Waals surface area contributed by atoms with Crippen LogP contribution in [0, 0.1) is 6.92 Å². The Hall–Kier alpha value is -4.30. The minimum absolute atomic E-state index is 0.0130. The maximum Gasteiger partial charge on any atom is 0.259 e. The number of rotatable bonds is 5. The molecular formula is C29H24ClNO7. The summed E-state index contributed by atoms with van der Waals surface area (Å²) >= 11 is 6.23. The highest BCUT2D eigenvalue weighted by molar-refractivity contribution is 6.31. The van der Waals surface area contributed by atoms with Crippen molar-refractivity contribution < 1.29 is 34.1 Å². The van der Waals surface area contributed by atoms with E-state index in [1.54, 1.807) is 6.07 Å². The number of phenolic OH excluding ortho intramolecular Hbond substituents is 1. The monoisotopic (exact) mass is 533 g/mol. The fraction of sp³-hybridized carbons (Fsp3) is 0.207. The van der Waals surface area contributed by atoms with Crippen molar-refractivity contribution in [3.05, 3.63) is 86.8 Å². The van der Waals surface area contributed by atoms with Crippen LogP contribution in [0.15, 0.2) is 59.6 Å². The maximum atomic E-state index is 13.6. The van der Waals surface area contributed by atoms with Gasteiger partial charge in [0.25, 0.3) is 5.91 Å². The van der Waals surface area contributed by atoms with Crippen molar-refractivity contribution in [1.82, 2.24) is 5.32 Å². The van der Waals surface area contributed by atoms with Crippen molar-refractivity contribution in [2.45, 2.75) is 32.7 Å². The van der Waals surface area contributed by atoms with Crippen LogP contribution in [0.2, 0.25) is 5.02 Å². The number of nitrogens with one attached hydrogen (secondary N) is 1. The Morgan fingerprint density at radius 2 is 1.87 bits per heavy atom. The number of phenols is 1. The lowest BCUT2D eigenvalue weighted by molar-refractivity contribution is -0.123. The second kappa shape index (κ2) is 8.92. The Labute approximate surface area is 223 Å². The van der Waals surface area contributed by atoms with E-state index in [9.17, 15) is 24.6 Å². The lowest BCUT2D eigenvalue weighted by Crippen LogP contribution is -2.38. The van der Waals surface area contributed by atoms with Crippen molar-refractivity contribution in [3.8, 4) is 17.2 Å². The molecule has 3 N–H and O–H groups in total. The zero-order valence-corrected chi connectivity index (χ0v) is 21.8. The smallest absolute Gasteiger partial charge is 0.259 e. The number of carbonyl (C=O) groups excluding carboxylic acids is 3. The summed E-state index contributed by atoms with van der Waals surface area (Å²) in [6, 6.07) is 10.7. The van der Waals surface area contributed by atoms with E-state index in [0.717, 1.165) is 34.9 Å². The Bertz CT molecular complexity index is 1650. The maximum absolute atomic E-state index is 13.6. The molecule has 0 saturated carbocycles. The molecule has 0 unspecified atom stereocenters. The van der Waals surface area contributed by atoms with E-state index in [4.69, 9.17) is 21.1 Å². The van der Waals surface area contributed by atoms with Gasteiger partial charge in [0, 0.05) is 23.7 Å². The van der Waals surface area contributed by atoms with Crippen molar-refractivity contribution in [1.29, 1.82) is 0 Å². The Kier molecular flexibility index (Phi) is 5.95. The highest BCUT2D eigenvalue weighted by Gasteiger charge is 2.55. The van der Waals surface area contributed by atoms with Gasteiger partial charge in [-0.25, -0.2) is 0 Å². The van der Waals surface area contributed by atoms with E-state index in [1.165, 1.54) is 20.1 Å². The van der Waals surface area contributed by atoms with E-state index < -0.39 is 34.2 Å². The van der Waals surface area contributed by atoms with E-state index in [1.807, 2.05) is 31.2 Å². The molecule has 0 fully saturated rings. The first-order valence-electron chi connectivity index (χ1n) is 11.8. The van der Waals surface area contributed by atoms with Gasteiger partial charge in [-0.1, -0.05) is 29.8 Å². The number of methoxy groups -OCH3 is 1. The number of aliphatic hydroxyl groups excluding tert-OH is 1. The molecule has 1 aliphatic heterocycles. The number of halogens is 1. The summed E-state index contributed by atoms with van der Waals surface area (Å²) in [5.74, 6) is -2.91. The summed E-state index contributed by atoms with van der Waals surface area (Å²) in [5.41, 5.74) is -0.238. The third kappa shape index (κ3) is 3.63. The molecule has 0 spiro atoms. The first-order chi connectivity index (χ1) is 18.0. The zero-order chi connectivity index (χ0) is 27.5. The third-order valence-electron chi connectivity index (χ3n) is 7.19. The Morgan fingerprint density at radius 3 is 2.55 bits per heavy atom. The van der Waals surface area contributed by atoms with Crippen molar-refractivity contribution in [2.24, 2.45) is 0 Å². The molecule has 8 nitrogen and oxygen atoms in total. The number of ketones is 2. The number of allylic oxidation sites excluding steroid dienone is 3.